The number of rotatable bonds is 0. The van der Waals surface area contributed by atoms with E-state index in [2.05, 4.69) is 15.3 Å². The minimum absolute atomic E-state index is 0.0123. The van der Waals surface area contributed by atoms with Crippen LogP contribution in [-0.2, 0) is 14.6 Å². The predicted octanol–water partition coefficient (Wildman–Crippen LogP) is -1.01. The highest BCUT2D eigenvalue weighted by atomic mass is 32.3. The summed E-state index contributed by atoms with van der Waals surface area (Å²) in [7, 11) is -3.33. The van der Waals surface area contributed by atoms with Crippen molar-refractivity contribution in [1.82, 2.24) is 5.32 Å². The van der Waals surface area contributed by atoms with Crippen LogP contribution in [0.3, 0.4) is 0 Å². The molecule has 6 nitrogen and oxygen atoms in total. The van der Waals surface area contributed by atoms with Gasteiger partial charge in [-0.15, -0.1) is 0 Å². The van der Waals surface area contributed by atoms with Crippen molar-refractivity contribution in [3.63, 3.8) is 0 Å². The molecule has 1 amide bonds. The first-order chi connectivity index (χ1) is 6.48. The lowest BCUT2D eigenvalue weighted by Gasteiger charge is -2.15. The number of carbonyl (C=O) groups is 1. The number of carbonyl (C=O) groups excluding carboxylic acids is 1. The smallest absolute Gasteiger partial charge is 0.253 e. The molecule has 0 aromatic carbocycles. The number of nitrogens with zero attached hydrogens (tertiary/aromatic N) is 2. The first kappa shape index (κ1) is 9.66. The first-order valence-corrected chi connectivity index (χ1v) is 6.52. The molecule has 0 bridgehead atoms. The molecule has 0 radical (unpaired) electrons. The van der Waals surface area contributed by atoms with Gasteiger partial charge in [0.25, 0.3) is 5.91 Å². The molecule has 1 N–H and O–H groups in total. The minimum Gasteiger partial charge on any atom is -0.315 e. The SMILES string of the molecule is CS(=O)(=O)C1=NC2C(=O)NC=NC2S1. The van der Waals surface area contributed by atoms with Crippen LogP contribution in [-0.4, -0.2) is 42.7 Å². The quantitative estimate of drug-likeness (QED) is 0.580. The predicted molar refractivity (Wildman–Crippen MR) is 54.1 cm³/mol. The van der Waals surface area contributed by atoms with Crippen LogP contribution in [0.4, 0.5) is 0 Å². The highest BCUT2D eigenvalue weighted by molar-refractivity contribution is 8.35. The monoisotopic (exact) mass is 233 g/mol. The maximum atomic E-state index is 11.2. The van der Waals surface area contributed by atoms with E-state index in [1.54, 1.807) is 0 Å². The molecular formula is C6H7N3O3S2. The van der Waals surface area contributed by atoms with Gasteiger partial charge in [0.15, 0.2) is 20.3 Å². The molecule has 14 heavy (non-hydrogen) atoms. The highest BCUT2D eigenvalue weighted by Crippen LogP contribution is 2.31. The van der Waals surface area contributed by atoms with Gasteiger partial charge in [-0.05, 0) is 0 Å². The zero-order chi connectivity index (χ0) is 10.3. The lowest BCUT2D eigenvalue weighted by molar-refractivity contribution is -0.120. The topological polar surface area (TPSA) is 88.0 Å². The van der Waals surface area contributed by atoms with Gasteiger partial charge >= 0.3 is 0 Å². The van der Waals surface area contributed by atoms with Crippen LogP contribution in [0.15, 0.2) is 9.98 Å². The highest BCUT2D eigenvalue weighted by Gasteiger charge is 2.39. The van der Waals surface area contributed by atoms with Crippen molar-refractivity contribution in [1.29, 1.82) is 0 Å². The Labute approximate surface area is 84.8 Å². The van der Waals surface area contributed by atoms with Crippen LogP contribution in [0.5, 0.6) is 0 Å². The van der Waals surface area contributed by atoms with Gasteiger partial charge in [-0.25, -0.2) is 8.42 Å². The summed E-state index contributed by atoms with van der Waals surface area (Å²) in [5, 5.41) is 1.96. The van der Waals surface area contributed by atoms with E-state index in [9.17, 15) is 13.2 Å². The van der Waals surface area contributed by atoms with E-state index in [4.69, 9.17) is 0 Å². The number of hydrogen-bond acceptors (Lipinski definition) is 6. The van der Waals surface area contributed by atoms with Crippen molar-refractivity contribution >= 4 is 38.2 Å². The van der Waals surface area contributed by atoms with Crippen molar-refractivity contribution in [2.45, 2.75) is 11.4 Å². The van der Waals surface area contributed by atoms with Crippen LogP contribution in [0.25, 0.3) is 0 Å². The van der Waals surface area contributed by atoms with Gasteiger partial charge < -0.3 is 5.32 Å². The van der Waals surface area contributed by atoms with E-state index in [1.807, 2.05) is 0 Å². The molecule has 2 rings (SSSR count). The average molecular weight is 233 g/mol. The van der Waals surface area contributed by atoms with Crippen molar-refractivity contribution in [3.05, 3.63) is 0 Å². The Hall–Kier alpha value is -0.890. The number of thioether (sulfide) groups is 1. The number of sulfone groups is 1. The number of amides is 1. The Balaban J connectivity index is 2.34. The molecule has 2 atom stereocenters. The minimum atomic E-state index is -3.33. The molecule has 2 aliphatic rings. The normalized spacial score (nSPS) is 30.9. The number of nitrogens with one attached hydrogen (secondary N) is 1. The van der Waals surface area contributed by atoms with Crippen LogP contribution in [0.1, 0.15) is 0 Å². The summed E-state index contributed by atoms with van der Waals surface area (Å²) in [5.74, 6) is -0.309. The lowest BCUT2D eigenvalue weighted by atomic mass is 10.3. The fourth-order valence-electron chi connectivity index (χ4n) is 1.12. The molecule has 0 aliphatic carbocycles. The Bertz CT molecular complexity index is 439. The maximum absolute atomic E-state index is 11.2. The number of aliphatic imine (C=N–C) groups is 2. The van der Waals surface area contributed by atoms with Gasteiger partial charge in [-0.2, -0.15) is 0 Å². The van der Waals surface area contributed by atoms with Gasteiger partial charge in [0.05, 0.1) is 6.34 Å². The second kappa shape index (κ2) is 3.06. The summed E-state index contributed by atoms with van der Waals surface area (Å²) in [6, 6.07) is -0.699. The molecule has 2 heterocycles. The number of fused-ring (bicyclic) bond motifs is 1. The van der Waals surface area contributed by atoms with Gasteiger partial charge in [-0.1, -0.05) is 11.8 Å². The van der Waals surface area contributed by atoms with Crippen LogP contribution in [0, 0.1) is 0 Å². The van der Waals surface area contributed by atoms with E-state index in [0.29, 0.717) is 0 Å². The Kier molecular flexibility index (Phi) is 2.11. The summed E-state index contributed by atoms with van der Waals surface area (Å²) in [4.78, 5) is 19.0. The maximum Gasteiger partial charge on any atom is 0.253 e. The third-order valence-corrected chi connectivity index (χ3v) is 4.62. The zero-order valence-electron chi connectivity index (χ0n) is 7.17. The second-order valence-corrected chi connectivity index (χ2v) is 6.20. The van der Waals surface area contributed by atoms with Gasteiger partial charge in [-0.3, -0.25) is 14.8 Å². The van der Waals surface area contributed by atoms with Gasteiger partial charge in [0.2, 0.25) is 0 Å². The van der Waals surface area contributed by atoms with Crippen molar-refractivity contribution in [2.24, 2.45) is 9.98 Å². The lowest BCUT2D eigenvalue weighted by Crippen LogP contribution is -2.41. The van der Waals surface area contributed by atoms with Crippen LogP contribution >= 0.6 is 11.8 Å². The van der Waals surface area contributed by atoms with Crippen molar-refractivity contribution in [3.8, 4) is 0 Å². The van der Waals surface area contributed by atoms with Crippen molar-refractivity contribution in [2.75, 3.05) is 6.26 Å². The molecule has 0 aromatic rings. The molecule has 0 saturated carbocycles. The molecule has 76 valence electrons. The molecule has 2 aliphatic heterocycles. The van der Waals surface area contributed by atoms with E-state index in [0.717, 1.165) is 18.0 Å². The molecule has 2 unspecified atom stereocenters. The van der Waals surface area contributed by atoms with Crippen LogP contribution in [0.2, 0.25) is 0 Å². The van der Waals surface area contributed by atoms with Gasteiger partial charge in [0.1, 0.15) is 5.37 Å². The average Bonchev–Trinajstić information content (AvgIpc) is 2.48. The standard InChI is InChI=1S/C6H7N3O3S2/c1-14(11,12)6-9-3-4(10)7-2-8-5(3)13-6/h2-3,5H,1H3,(H,7,8,10). The summed E-state index contributed by atoms with van der Waals surface area (Å²) in [6.07, 6.45) is 2.34. The summed E-state index contributed by atoms with van der Waals surface area (Å²) in [6.45, 7) is 0. The third-order valence-electron chi connectivity index (χ3n) is 1.75. The molecule has 0 aromatic heterocycles. The summed E-state index contributed by atoms with van der Waals surface area (Å²) < 4.78 is 22.3. The largest absolute Gasteiger partial charge is 0.315 e. The second-order valence-electron chi connectivity index (χ2n) is 2.91. The fraction of sp³-hybridized carbons (Fsp3) is 0.500. The Morgan fingerprint density at radius 3 is 2.86 bits per heavy atom. The van der Waals surface area contributed by atoms with E-state index in [-0.39, 0.29) is 10.3 Å². The molecule has 8 heteroatoms. The van der Waals surface area contributed by atoms with E-state index < -0.39 is 21.3 Å². The van der Waals surface area contributed by atoms with E-state index in [1.165, 1.54) is 6.34 Å². The molecule has 0 fully saturated rings. The van der Waals surface area contributed by atoms with E-state index >= 15 is 0 Å². The van der Waals surface area contributed by atoms with Crippen molar-refractivity contribution < 1.29 is 13.2 Å². The Morgan fingerprint density at radius 2 is 2.29 bits per heavy atom. The third kappa shape index (κ3) is 1.55. The molecule has 0 saturated heterocycles. The first-order valence-electron chi connectivity index (χ1n) is 3.75. The molecular weight excluding hydrogens is 226 g/mol. The Morgan fingerprint density at radius 1 is 1.57 bits per heavy atom. The number of hydrogen-bond donors (Lipinski definition) is 1. The fourth-order valence-corrected chi connectivity index (χ4v) is 3.23. The van der Waals surface area contributed by atoms with Gasteiger partial charge in [0, 0.05) is 6.26 Å². The zero-order valence-corrected chi connectivity index (χ0v) is 8.80. The summed E-state index contributed by atoms with van der Waals surface area (Å²) >= 11 is 1.01. The van der Waals surface area contributed by atoms with Crippen LogP contribution < -0.4 is 5.32 Å². The summed E-state index contributed by atoms with van der Waals surface area (Å²) in [5.41, 5.74) is 0. The molecule has 0 spiro atoms.